The molecule has 1 aliphatic rings. The van der Waals surface area contributed by atoms with E-state index in [9.17, 15) is 4.79 Å². The average molecular weight is 444 g/mol. The van der Waals surface area contributed by atoms with Crippen LogP contribution in [0.5, 0.6) is 5.75 Å². The molecule has 3 heterocycles. The molecule has 9 heteroatoms. The molecule has 5 rings (SSSR count). The quantitative estimate of drug-likeness (QED) is 0.416. The zero-order valence-corrected chi connectivity index (χ0v) is 18.2. The second-order valence-corrected chi connectivity index (χ2v) is 7.93. The Morgan fingerprint density at radius 3 is 2.85 bits per heavy atom. The Hall–Kier alpha value is -4.14. The Kier molecular flexibility index (Phi) is 5.75. The molecule has 0 saturated heterocycles. The zero-order chi connectivity index (χ0) is 22.6. The summed E-state index contributed by atoms with van der Waals surface area (Å²) in [5, 5.41) is 5.84. The van der Waals surface area contributed by atoms with Crippen molar-refractivity contribution in [3.63, 3.8) is 0 Å². The van der Waals surface area contributed by atoms with Gasteiger partial charge in [-0.25, -0.2) is 19.7 Å². The minimum Gasteiger partial charge on any atom is -0.497 e. The maximum absolute atomic E-state index is 12.2. The van der Waals surface area contributed by atoms with Crippen LogP contribution in [-0.2, 0) is 17.9 Å². The molecule has 0 aliphatic heterocycles. The lowest BCUT2D eigenvalue weighted by Crippen LogP contribution is -2.15. The number of anilines is 2. The number of hydrogen-bond acceptors (Lipinski definition) is 7. The van der Waals surface area contributed by atoms with E-state index in [0.29, 0.717) is 29.8 Å². The van der Waals surface area contributed by atoms with Gasteiger partial charge in [0.2, 0.25) is 0 Å². The first-order chi connectivity index (χ1) is 16.2. The van der Waals surface area contributed by atoms with Gasteiger partial charge in [0.25, 0.3) is 0 Å². The Labute approximate surface area is 190 Å². The Morgan fingerprint density at radius 2 is 2.00 bits per heavy atom. The van der Waals surface area contributed by atoms with Crippen LogP contribution in [0.4, 0.5) is 16.4 Å². The standard InChI is InChI=1S/C24H24N6O3/c1-32-20-4-2-3-16(9-20)14-33-24(31)29-22-10-21(26-15-27-22)25-11-19-13-30-12-18(17-5-6-17)7-8-23(30)28-19/h2-4,7-10,12-13,15,17H,5-6,11,14H2,1H3,(H2,25,26,27,29,31). The Balaban J connectivity index is 1.16. The molecule has 168 valence electrons. The predicted octanol–water partition coefficient (Wildman–Crippen LogP) is 4.37. The lowest BCUT2D eigenvalue weighted by Gasteiger charge is -2.09. The van der Waals surface area contributed by atoms with Gasteiger partial charge in [0.1, 0.15) is 36.0 Å². The predicted molar refractivity (Wildman–Crippen MR) is 123 cm³/mol. The van der Waals surface area contributed by atoms with Gasteiger partial charge >= 0.3 is 6.09 Å². The number of nitrogens with one attached hydrogen (secondary N) is 2. The number of fused-ring (bicyclic) bond motifs is 1. The number of hydrogen-bond donors (Lipinski definition) is 2. The van der Waals surface area contributed by atoms with Crippen molar-refractivity contribution in [1.29, 1.82) is 0 Å². The molecule has 3 aromatic heterocycles. The van der Waals surface area contributed by atoms with E-state index in [1.165, 1.54) is 24.7 Å². The number of ether oxygens (including phenoxy) is 2. The summed E-state index contributed by atoms with van der Waals surface area (Å²) < 4.78 is 12.5. The molecule has 2 N–H and O–H groups in total. The maximum atomic E-state index is 12.2. The third kappa shape index (κ3) is 5.20. The minimum absolute atomic E-state index is 0.121. The lowest BCUT2D eigenvalue weighted by atomic mass is 10.2. The van der Waals surface area contributed by atoms with Crippen LogP contribution in [0.1, 0.15) is 35.6 Å². The van der Waals surface area contributed by atoms with E-state index in [1.807, 2.05) is 30.5 Å². The number of methoxy groups -OCH3 is 1. The van der Waals surface area contributed by atoms with Gasteiger partial charge in [-0.2, -0.15) is 0 Å². The number of carbonyl (C=O) groups is 1. The van der Waals surface area contributed by atoms with E-state index in [2.05, 4.69) is 48.3 Å². The lowest BCUT2D eigenvalue weighted by molar-refractivity contribution is 0.155. The zero-order valence-electron chi connectivity index (χ0n) is 18.2. The van der Waals surface area contributed by atoms with Gasteiger partial charge in [-0.1, -0.05) is 18.2 Å². The summed E-state index contributed by atoms with van der Waals surface area (Å²) in [6.07, 6.45) is 7.50. The number of amides is 1. The summed E-state index contributed by atoms with van der Waals surface area (Å²) in [4.78, 5) is 25.1. The molecular weight excluding hydrogens is 420 g/mol. The Morgan fingerprint density at radius 1 is 1.12 bits per heavy atom. The van der Waals surface area contributed by atoms with Crippen LogP contribution >= 0.6 is 0 Å². The van der Waals surface area contributed by atoms with Gasteiger partial charge in [-0.15, -0.1) is 0 Å². The van der Waals surface area contributed by atoms with Gasteiger partial charge in [0.15, 0.2) is 0 Å². The monoisotopic (exact) mass is 444 g/mol. The topological polar surface area (TPSA) is 103 Å². The highest BCUT2D eigenvalue weighted by Crippen LogP contribution is 2.39. The number of aromatic nitrogens is 4. The summed E-state index contributed by atoms with van der Waals surface area (Å²) in [5.41, 5.74) is 4.00. The third-order valence-electron chi connectivity index (χ3n) is 5.42. The molecule has 1 fully saturated rings. The molecular formula is C24H24N6O3. The molecule has 1 amide bonds. The first-order valence-corrected chi connectivity index (χ1v) is 10.8. The number of imidazole rings is 1. The van der Waals surface area contributed by atoms with Gasteiger partial charge in [-0.05, 0) is 48.1 Å². The SMILES string of the molecule is COc1cccc(COC(=O)Nc2cc(NCc3cn4cc(C5CC5)ccc4n3)ncn2)c1. The number of benzene rings is 1. The molecule has 1 saturated carbocycles. The van der Waals surface area contributed by atoms with E-state index in [1.54, 1.807) is 13.2 Å². The van der Waals surface area contributed by atoms with Crippen molar-refractivity contribution in [1.82, 2.24) is 19.4 Å². The van der Waals surface area contributed by atoms with Crippen LogP contribution in [0.25, 0.3) is 5.65 Å². The first-order valence-electron chi connectivity index (χ1n) is 10.8. The summed E-state index contributed by atoms with van der Waals surface area (Å²) >= 11 is 0. The van der Waals surface area contributed by atoms with Gasteiger partial charge < -0.3 is 19.2 Å². The fourth-order valence-electron chi connectivity index (χ4n) is 3.56. The van der Waals surface area contributed by atoms with Crippen LogP contribution in [-0.4, -0.2) is 32.6 Å². The highest BCUT2D eigenvalue weighted by molar-refractivity contribution is 5.83. The summed E-state index contributed by atoms with van der Waals surface area (Å²) in [6.45, 7) is 0.618. The summed E-state index contributed by atoms with van der Waals surface area (Å²) in [7, 11) is 1.59. The van der Waals surface area contributed by atoms with Crippen molar-refractivity contribution in [2.24, 2.45) is 0 Å². The van der Waals surface area contributed by atoms with E-state index in [4.69, 9.17) is 9.47 Å². The number of nitrogens with zero attached hydrogens (tertiary/aromatic N) is 4. The fraction of sp³-hybridized carbons (Fsp3) is 0.250. The highest BCUT2D eigenvalue weighted by atomic mass is 16.5. The molecule has 0 radical (unpaired) electrons. The molecule has 1 aliphatic carbocycles. The van der Waals surface area contributed by atoms with Gasteiger partial charge in [0, 0.05) is 18.5 Å². The van der Waals surface area contributed by atoms with Crippen molar-refractivity contribution < 1.29 is 14.3 Å². The van der Waals surface area contributed by atoms with Gasteiger partial charge in [0.05, 0.1) is 19.3 Å². The molecule has 0 spiro atoms. The molecule has 4 aromatic rings. The van der Waals surface area contributed by atoms with Crippen molar-refractivity contribution in [3.05, 3.63) is 78.0 Å². The van der Waals surface area contributed by atoms with Crippen LogP contribution in [0.2, 0.25) is 0 Å². The highest BCUT2D eigenvalue weighted by Gasteiger charge is 2.23. The molecule has 33 heavy (non-hydrogen) atoms. The van der Waals surface area contributed by atoms with Crippen molar-refractivity contribution in [2.75, 3.05) is 17.7 Å². The first kappa shape index (κ1) is 20.7. The third-order valence-corrected chi connectivity index (χ3v) is 5.42. The molecule has 0 unspecified atom stereocenters. The molecule has 9 nitrogen and oxygen atoms in total. The van der Waals surface area contributed by atoms with Crippen LogP contribution in [0, 0.1) is 0 Å². The van der Waals surface area contributed by atoms with E-state index in [0.717, 1.165) is 16.9 Å². The molecule has 1 aromatic carbocycles. The van der Waals surface area contributed by atoms with E-state index >= 15 is 0 Å². The van der Waals surface area contributed by atoms with Crippen LogP contribution < -0.4 is 15.4 Å². The summed E-state index contributed by atoms with van der Waals surface area (Å²) in [5.74, 6) is 2.32. The summed E-state index contributed by atoms with van der Waals surface area (Å²) in [6, 6.07) is 13.2. The van der Waals surface area contributed by atoms with E-state index in [-0.39, 0.29) is 6.61 Å². The number of pyridine rings is 1. The second kappa shape index (κ2) is 9.15. The normalized spacial score (nSPS) is 13.0. The van der Waals surface area contributed by atoms with Crippen molar-refractivity contribution in [2.45, 2.75) is 31.9 Å². The smallest absolute Gasteiger partial charge is 0.413 e. The van der Waals surface area contributed by atoms with Crippen LogP contribution in [0.3, 0.4) is 0 Å². The van der Waals surface area contributed by atoms with Crippen LogP contribution in [0.15, 0.2) is 61.2 Å². The maximum Gasteiger partial charge on any atom is 0.413 e. The van der Waals surface area contributed by atoms with E-state index < -0.39 is 6.09 Å². The number of carbonyl (C=O) groups excluding carboxylic acids is 1. The Bertz CT molecular complexity index is 1280. The average Bonchev–Trinajstić information content (AvgIpc) is 3.61. The molecule has 0 bridgehead atoms. The van der Waals surface area contributed by atoms with Crippen molar-refractivity contribution >= 4 is 23.4 Å². The largest absolute Gasteiger partial charge is 0.497 e. The van der Waals surface area contributed by atoms with Gasteiger partial charge in [-0.3, -0.25) is 5.32 Å². The minimum atomic E-state index is -0.603. The molecule has 0 atom stereocenters. The fourth-order valence-corrected chi connectivity index (χ4v) is 3.56. The van der Waals surface area contributed by atoms with Crippen molar-refractivity contribution in [3.8, 4) is 5.75 Å². The second-order valence-electron chi connectivity index (χ2n) is 7.93. The number of rotatable bonds is 8.